The van der Waals surface area contributed by atoms with Gasteiger partial charge in [-0.05, 0) is 32.2 Å². The van der Waals surface area contributed by atoms with Gasteiger partial charge in [0.2, 0.25) is 0 Å². The molecule has 2 nitrogen and oxygen atoms in total. The van der Waals surface area contributed by atoms with Crippen molar-refractivity contribution in [3.05, 3.63) is 29.3 Å². The Hall–Kier alpha value is -0.880. The lowest BCUT2D eigenvalue weighted by molar-refractivity contribution is 0.585. The number of hydrogen-bond donors (Lipinski definition) is 2. The number of anilines is 1. The van der Waals surface area contributed by atoms with Crippen molar-refractivity contribution in [2.45, 2.75) is 18.6 Å². The Balaban J connectivity index is 2.94. The third-order valence-electron chi connectivity index (χ3n) is 2.57. The first-order valence-electron chi connectivity index (χ1n) is 5.34. The van der Waals surface area contributed by atoms with Crippen LogP contribution < -0.4 is 11.1 Å². The van der Waals surface area contributed by atoms with E-state index in [-0.39, 0.29) is 21.0 Å². The Morgan fingerprint density at radius 3 is 2.28 bits per heavy atom. The second-order valence-corrected chi connectivity index (χ2v) is 6.45. The Morgan fingerprint density at radius 1 is 1.39 bits per heavy atom. The van der Waals surface area contributed by atoms with Crippen molar-refractivity contribution in [1.29, 1.82) is 0 Å². The molecule has 0 radical (unpaired) electrons. The van der Waals surface area contributed by atoms with Crippen LogP contribution in [0.4, 0.5) is 14.5 Å². The lowest BCUT2D eigenvalue weighted by atomic mass is 10.1. The van der Waals surface area contributed by atoms with Gasteiger partial charge in [-0.1, -0.05) is 12.2 Å². The van der Waals surface area contributed by atoms with Crippen LogP contribution in [-0.2, 0) is 0 Å². The Morgan fingerprint density at radius 2 is 1.89 bits per heavy atom. The Labute approximate surface area is 115 Å². The van der Waals surface area contributed by atoms with Crippen LogP contribution in [0, 0.1) is 11.6 Å². The van der Waals surface area contributed by atoms with Crippen molar-refractivity contribution in [2.75, 3.05) is 18.1 Å². The number of nitrogens with one attached hydrogen (secondary N) is 1. The van der Waals surface area contributed by atoms with Crippen molar-refractivity contribution in [1.82, 2.24) is 0 Å². The highest BCUT2D eigenvalue weighted by atomic mass is 32.2. The number of halogens is 2. The Kier molecular flexibility index (Phi) is 4.92. The van der Waals surface area contributed by atoms with Crippen molar-refractivity contribution in [3.63, 3.8) is 0 Å². The van der Waals surface area contributed by atoms with Crippen molar-refractivity contribution < 1.29 is 8.78 Å². The van der Waals surface area contributed by atoms with Gasteiger partial charge in [0.15, 0.2) is 0 Å². The number of benzene rings is 1. The van der Waals surface area contributed by atoms with E-state index in [1.165, 1.54) is 0 Å². The highest BCUT2D eigenvalue weighted by Crippen LogP contribution is 2.25. The summed E-state index contributed by atoms with van der Waals surface area (Å²) >= 11 is 6.31. The molecule has 100 valence electrons. The summed E-state index contributed by atoms with van der Waals surface area (Å²) < 4.78 is 27.3. The van der Waals surface area contributed by atoms with Crippen LogP contribution >= 0.6 is 24.0 Å². The number of nitrogens with two attached hydrogens (primary N) is 1. The maximum Gasteiger partial charge on any atom is 0.150 e. The maximum absolute atomic E-state index is 13.7. The van der Waals surface area contributed by atoms with E-state index in [1.54, 1.807) is 11.8 Å². The standard InChI is InChI=1S/C12H16F2N2S2/c1-12(2,18-3)6-16-10-8(13)4-7(11(15)17)5-9(10)14/h4-5,16H,6H2,1-3H3,(H2,15,17). The van der Waals surface area contributed by atoms with Crippen molar-refractivity contribution in [2.24, 2.45) is 5.73 Å². The topological polar surface area (TPSA) is 38.0 Å². The second-order valence-electron chi connectivity index (χ2n) is 4.50. The second kappa shape index (κ2) is 5.84. The van der Waals surface area contributed by atoms with Crippen LogP contribution in [0.5, 0.6) is 0 Å². The minimum atomic E-state index is -0.685. The zero-order valence-electron chi connectivity index (χ0n) is 10.5. The maximum atomic E-state index is 13.7. The molecule has 0 atom stereocenters. The molecular weight excluding hydrogens is 274 g/mol. The van der Waals surface area contributed by atoms with Crippen LogP contribution in [0.2, 0.25) is 0 Å². The van der Waals surface area contributed by atoms with E-state index in [4.69, 9.17) is 5.73 Å². The molecule has 0 amide bonds. The summed E-state index contributed by atoms with van der Waals surface area (Å²) in [4.78, 5) is -0.0243. The third-order valence-corrected chi connectivity index (χ3v) is 4.06. The fourth-order valence-electron chi connectivity index (χ4n) is 1.26. The van der Waals surface area contributed by atoms with Crippen molar-refractivity contribution in [3.8, 4) is 0 Å². The quantitative estimate of drug-likeness (QED) is 0.817. The number of hydrogen-bond acceptors (Lipinski definition) is 3. The predicted octanol–water partition coefficient (Wildman–Crippen LogP) is 3.15. The molecule has 0 saturated heterocycles. The van der Waals surface area contributed by atoms with E-state index in [0.717, 1.165) is 12.1 Å². The van der Waals surface area contributed by atoms with Crippen LogP contribution in [0.15, 0.2) is 12.1 Å². The summed E-state index contributed by atoms with van der Waals surface area (Å²) in [5, 5.41) is 2.78. The first-order chi connectivity index (χ1) is 8.26. The molecular formula is C12H16F2N2S2. The number of thioether (sulfide) groups is 1. The highest BCUT2D eigenvalue weighted by molar-refractivity contribution is 7.99. The van der Waals surface area contributed by atoms with E-state index in [2.05, 4.69) is 17.5 Å². The summed E-state index contributed by atoms with van der Waals surface area (Å²) in [7, 11) is 0. The summed E-state index contributed by atoms with van der Waals surface area (Å²) in [6, 6.07) is 2.28. The highest BCUT2D eigenvalue weighted by Gasteiger charge is 2.18. The molecule has 3 N–H and O–H groups in total. The molecule has 0 fully saturated rings. The van der Waals surface area contributed by atoms with Gasteiger partial charge in [-0.25, -0.2) is 8.78 Å². The zero-order valence-corrected chi connectivity index (χ0v) is 12.1. The van der Waals surface area contributed by atoms with Gasteiger partial charge < -0.3 is 11.1 Å². The summed E-state index contributed by atoms with van der Waals surface area (Å²) in [5.41, 5.74) is 5.39. The predicted molar refractivity (Wildman–Crippen MR) is 78.3 cm³/mol. The van der Waals surface area contributed by atoms with Gasteiger partial charge in [0.1, 0.15) is 22.3 Å². The first-order valence-corrected chi connectivity index (χ1v) is 6.98. The SMILES string of the molecule is CSC(C)(C)CNc1c(F)cc(C(N)=S)cc1F. The molecule has 1 aromatic rings. The van der Waals surface area contributed by atoms with E-state index in [0.29, 0.717) is 6.54 Å². The largest absolute Gasteiger partial charge is 0.389 e. The molecule has 1 aromatic carbocycles. The number of thiocarbonyl (C=S) groups is 1. The van der Waals surface area contributed by atoms with Gasteiger partial charge in [0.05, 0.1) is 0 Å². The fraction of sp³-hybridized carbons (Fsp3) is 0.417. The molecule has 0 bridgehead atoms. The molecule has 1 rings (SSSR count). The van der Waals surface area contributed by atoms with Gasteiger partial charge >= 0.3 is 0 Å². The molecule has 6 heteroatoms. The van der Waals surface area contributed by atoms with Gasteiger partial charge in [0, 0.05) is 16.9 Å². The summed E-state index contributed by atoms with van der Waals surface area (Å²) in [6.07, 6.45) is 1.95. The third kappa shape index (κ3) is 3.81. The minimum Gasteiger partial charge on any atom is -0.389 e. The zero-order chi connectivity index (χ0) is 13.9. The molecule has 0 heterocycles. The van der Waals surface area contributed by atoms with E-state index < -0.39 is 11.6 Å². The normalized spacial score (nSPS) is 11.4. The molecule has 18 heavy (non-hydrogen) atoms. The molecule has 0 unspecified atom stereocenters. The fourth-order valence-corrected chi connectivity index (χ4v) is 1.59. The van der Waals surface area contributed by atoms with Crippen LogP contribution in [0.25, 0.3) is 0 Å². The molecule has 0 saturated carbocycles. The molecule has 0 aliphatic carbocycles. The monoisotopic (exact) mass is 290 g/mol. The smallest absolute Gasteiger partial charge is 0.150 e. The van der Waals surface area contributed by atoms with Gasteiger partial charge in [0.25, 0.3) is 0 Å². The van der Waals surface area contributed by atoms with E-state index >= 15 is 0 Å². The average Bonchev–Trinajstić information content (AvgIpc) is 2.27. The number of rotatable bonds is 5. The van der Waals surface area contributed by atoms with Crippen LogP contribution in [0.1, 0.15) is 19.4 Å². The molecule has 0 aliphatic rings. The van der Waals surface area contributed by atoms with Crippen molar-refractivity contribution >= 4 is 34.7 Å². The lowest BCUT2D eigenvalue weighted by Gasteiger charge is -2.23. The van der Waals surface area contributed by atoms with Gasteiger partial charge in [-0.2, -0.15) is 11.8 Å². The first kappa shape index (κ1) is 15.2. The Bertz CT molecular complexity index is 438. The summed E-state index contributed by atoms with van der Waals surface area (Å²) in [6.45, 7) is 4.43. The van der Waals surface area contributed by atoms with Crippen LogP contribution in [-0.4, -0.2) is 22.5 Å². The lowest BCUT2D eigenvalue weighted by Crippen LogP contribution is -2.26. The van der Waals surface area contributed by atoms with Gasteiger partial charge in [-0.3, -0.25) is 0 Å². The van der Waals surface area contributed by atoms with E-state index in [1.807, 2.05) is 20.1 Å². The van der Waals surface area contributed by atoms with E-state index in [9.17, 15) is 8.78 Å². The van der Waals surface area contributed by atoms with Gasteiger partial charge in [-0.15, -0.1) is 0 Å². The molecule has 0 aliphatic heterocycles. The van der Waals surface area contributed by atoms with Crippen LogP contribution in [0.3, 0.4) is 0 Å². The molecule has 0 aromatic heterocycles. The average molecular weight is 290 g/mol. The molecule has 0 spiro atoms. The minimum absolute atomic E-state index is 0.0243. The summed E-state index contributed by atoms with van der Waals surface area (Å²) in [5.74, 6) is -1.37.